The fourth-order valence-electron chi connectivity index (χ4n) is 2.95. The maximum Gasteiger partial charge on any atom is 0.317 e. The van der Waals surface area contributed by atoms with Gasteiger partial charge < -0.3 is 15.3 Å². The zero-order valence-electron chi connectivity index (χ0n) is 13.2. The number of carbonyl (C=O) groups is 2. The third-order valence-electron chi connectivity index (χ3n) is 4.22. The molecule has 1 fully saturated rings. The normalized spacial score (nSPS) is 22.9. The Hall–Kier alpha value is -2.04. The molecule has 0 saturated carbocycles. The summed E-state index contributed by atoms with van der Waals surface area (Å²) in [6.45, 7) is 5.52. The largest absolute Gasteiger partial charge is 0.481 e. The summed E-state index contributed by atoms with van der Waals surface area (Å²) in [7, 11) is 0. The Bertz CT molecular complexity index is 518. The van der Waals surface area contributed by atoms with Crippen LogP contribution in [0.3, 0.4) is 0 Å². The predicted molar refractivity (Wildman–Crippen MR) is 84.7 cm³/mol. The maximum absolute atomic E-state index is 12.3. The third kappa shape index (κ3) is 4.23. The molecule has 1 aliphatic rings. The van der Waals surface area contributed by atoms with Crippen molar-refractivity contribution in [3.8, 4) is 0 Å². The SMILES string of the molecule is CC1CC(C(=O)O)CN(C(=O)NCC(C)c2ccccc2)C1. The molecule has 2 amide bonds. The molecule has 1 saturated heterocycles. The van der Waals surface area contributed by atoms with Crippen LogP contribution in [0, 0.1) is 11.8 Å². The van der Waals surface area contributed by atoms with Gasteiger partial charge in [0.2, 0.25) is 0 Å². The van der Waals surface area contributed by atoms with Crippen LogP contribution in [0.25, 0.3) is 0 Å². The van der Waals surface area contributed by atoms with Gasteiger partial charge in [0.15, 0.2) is 0 Å². The number of carbonyl (C=O) groups excluding carboxylic acids is 1. The van der Waals surface area contributed by atoms with E-state index in [0.29, 0.717) is 26.1 Å². The molecule has 0 spiro atoms. The van der Waals surface area contributed by atoms with Gasteiger partial charge in [0.25, 0.3) is 0 Å². The Morgan fingerprint density at radius 1 is 1.32 bits per heavy atom. The van der Waals surface area contributed by atoms with E-state index < -0.39 is 11.9 Å². The Morgan fingerprint density at radius 3 is 2.64 bits per heavy atom. The molecule has 120 valence electrons. The van der Waals surface area contributed by atoms with E-state index in [0.717, 1.165) is 0 Å². The lowest BCUT2D eigenvalue weighted by molar-refractivity contribution is -0.143. The average Bonchev–Trinajstić information content (AvgIpc) is 2.52. The first-order valence-corrected chi connectivity index (χ1v) is 7.78. The van der Waals surface area contributed by atoms with Crippen molar-refractivity contribution in [2.45, 2.75) is 26.2 Å². The van der Waals surface area contributed by atoms with Crippen molar-refractivity contribution in [1.29, 1.82) is 0 Å². The number of aliphatic carboxylic acids is 1. The Kier molecular flexibility index (Phi) is 5.41. The van der Waals surface area contributed by atoms with Crippen LogP contribution in [0.1, 0.15) is 31.7 Å². The zero-order valence-corrected chi connectivity index (χ0v) is 13.2. The van der Waals surface area contributed by atoms with Crippen molar-refractivity contribution in [1.82, 2.24) is 10.2 Å². The molecule has 2 rings (SSSR count). The van der Waals surface area contributed by atoms with E-state index in [4.69, 9.17) is 5.11 Å². The minimum absolute atomic E-state index is 0.166. The molecule has 1 heterocycles. The number of benzene rings is 1. The number of carboxylic acid groups (broad SMARTS) is 1. The second-order valence-electron chi connectivity index (χ2n) is 6.28. The van der Waals surface area contributed by atoms with Gasteiger partial charge >= 0.3 is 12.0 Å². The van der Waals surface area contributed by atoms with Gasteiger partial charge in [0.05, 0.1) is 5.92 Å². The number of piperidine rings is 1. The van der Waals surface area contributed by atoms with E-state index in [1.165, 1.54) is 5.56 Å². The number of likely N-dealkylation sites (tertiary alicyclic amines) is 1. The summed E-state index contributed by atoms with van der Waals surface area (Å²) in [5, 5.41) is 12.1. The lowest BCUT2D eigenvalue weighted by Crippen LogP contribution is -2.50. The van der Waals surface area contributed by atoms with E-state index in [2.05, 4.69) is 12.2 Å². The third-order valence-corrected chi connectivity index (χ3v) is 4.22. The topological polar surface area (TPSA) is 69.6 Å². The number of rotatable bonds is 4. The van der Waals surface area contributed by atoms with Gasteiger partial charge in [0.1, 0.15) is 0 Å². The molecule has 5 nitrogen and oxygen atoms in total. The Balaban J connectivity index is 1.87. The van der Waals surface area contributed by atoms with Crippen molar-refractivity contribution in [3.05, 3.63) is 35.9 Å². The molecule has 1 aliphatic heterocycles. The van der Waals surface area contributed by atoms with Crippen LogP contribution in [-0.4, -0.2) is 41.6 Å². The number of nitrogens with one attached hydrogen (secondary N) is 1. The minimum atomic E-state index is -0.818. The number of amides is 2. The van der Waals surface area contributed by atoms with Gasteiger partial charge in [-0.1, -0.05) is 44.2 Å². The molecule has 3 atom stereocenters. The molecule has 3 unspecified atom stereocenters. The van der Waals surface area contributed by atoms with Crippen LogP contribution in [0.15, 0.2) is 30.3 Å². The highest BCUT2D eigenvalue weighted by Crippen LogP contribution is 2.22. The van der Waals surface area contributed by atoms with Crippen LogP contribution in [0.5, 0.6) is 0 Å². The fraction of sp³-hybridized carbons (Fsp3) is 0.529. The highest BCUT2D eigenvalue weighted by Gasteiger charge is 2.31. The van der Waals surface area contributed by atoms with Gasteiger partial charge in [-0.3, -0.25) is 4.79 Å². The second kappa shape index (κ2) is 7.29. The van der Waals surface area contributed by atoms with Gasteiger partial charge in [-0.2, -0.15) is 0 Å². The number of nitrogens with zero attached hydrogens (tertiary/aromatic N) is 1. The summed E-state index contributed by atoms with van der Waals surface area (Å²) in [5.41, 5.74) is 1.18. The predicted octanol–water partition coefficient (Wildman–Crippen LogP) is 2.54. The van der Waals surface area contributed by atoms with Crippen LogP contribution in [-0.2, 0) is 4.79 Å². The quantitative estimate of drug-likeness (QED) is 0.898. The monoisotopic (exact) mass is 304 g/mol. The minimum Gasteiger partial charge on any atom is -0.481 e. The van der Waals surface area contributed by atoms with Crippen LogP contribution >= 0.6 is 0 Å². The molecule has 0 aliphatic carbocycles. The first-order chi connectivity index (χ1) is 10.5. The molecule has 5 heteroatoms. The summed E-state index contributed by atoms with van der Waals surface area (Å²) in [5.74, 6) is -0.835. The van der Waals surface area contributed by atoms with Crippen LogP contribution in [0.4, 0.5) is 4.79 Å². The van der Waals surface area contributed by atoms with E-state index >= 15 is 0 Å². The zero-order chi connectivity index (χ0) is 16.1. The first-order valence-electron chi connectivity index (χ1n) is 7.78. The molecule has 1 aromatic rings. The molecule has 2 N–H and O–H groups in total. The molecule has 0 aromatic heterocycles. The van der Waals surface area contributed by atoms with Crippen molar-refractivity contribution in [2.24, 2.45) is 11.8 Å². The number of hydrogen-bond donors (Lipinski definition) is 2. The highest BCUT2D eigenvalue weighted by atomic mass is 16.4. The smallest absolute Gasteiger partial charge is 0.317 e. The lowest BCUT2D eigenvalue weighted by Gasteiger charge is -2.34. The van der Waals surface area contributed by atoms with Crippen LogP contribution < -0.4 is 5.32 Å². The first kappa shape index (κ1) is 16.3. The van der Waals surface area contributed by atoms with Crippen molar-refractivity contribution in [3.63, 3.8) is 0 Å². The molecule has 1 aromatic carbocycles. The average molecular weight is 304 g/mol. The molecule has 22 heavy (non-hydrogen) atoms. The second-order valence-corrected chi connectivity index (χ2v) is 6.28. The number of carboxylic acids is 1. The summed E-state index contributed by atoms with van der Waals surface area (Å²) in [6.07, 6.45) is 0.638. The Labute approximate surface area is 131 Å². The summed E-state index contributed by atoms with van der Waals surface area (Å²) in [4.78, 5) is 25.1. The summed E-state index contributed by atoms with van der Waals surface area (Å²) < 4.78 is 0. The van der Waals surface area contributed by atoms with Gasteiger partial charge in [-0.05, 0) is 23.8 Å². The van der Waals surface area contributed by atoms with E-state index in [9.17, 15) is 9.59 Å². The highest BCUT2D eigenvalue weighted by molar-refractivity contribution is 5.76. The maximum atomic E-state index is 12.3. The van der Waals surface area contributed by atoms with E-state index in [-0.39, 0.29) is 17.9 Å². The molecule has 0 radical (unpaired) electrons. The molecule has 0 bridgehead atoms. The summed E-state index contributed by atoms with van der Waals surface area (Å²) >= 11 is 0. The van der Waals surface area contributed by atoms with Crippen molar-refractivity contribution in [2.75, 3.05) is 19.6 Å². The van der Waals surface area contributed by atoms with E-state index in [1.807, 2.05) is 37.3 Å². The standard InChI is InChI=1S/C17H24N2O3/c1-12-8-15(16(20)21)11-19(10-12)17(22)18-9-13(2)14-6-4-3-5-7-14/h3-7,12-13,15H,8-11H2,1-2H3,(H,18,22)(H,20,21). The fourth-order valence-corrected chi connectivity index (χ4v) is 2.95. The lowest BCUT2D eigenvalue weighted by atomic mass is 9.91. The van der Waals surface area contributed by atoms with Gasteiger partial charge in [-0.15, -0.1) is 0 Å². The number of urea groups is 1. The molecular weight excluding hydrogens is 280 g/mol. The van der Waals surface area contributed by atoms with Crippen molar-refractivity contribution >= 4 is 12.0 Å². The Morgan fingerprint density at radius 2 is 2.00 bits per heavy atom. The number of hydrogen-bond acceptors (Lipinski definition) is 2. The van der Waals surface area contributed by atoms with Gasteiger partial charge in [-0.25, -0.2) is 4.79 Å². The molecular formula is C17H24N2O3. The van der Waals surface area contributed by atoms with Crippen molar-refractivity contribution < 1.29 is 14.7 Å². The van der Waals surface area contributed by atoms with Gasteiger partial charge in [0, 0.05) is 19.6 Å². The van der Waals surface area contributed by atoms with E-state index in [1.54, 1.807) is 4.90 Å². The summed E-state index contributed by atoms with van der Waals surface area (Å²) in [6, 6.07) is 9.85. The van der Waals surface area contributed by atoms with Crippen LogP contribution in [0.2, 0.25) is 0 Å².